The molecular weight excluding hydrogens is 339 g/mol. The molecule has 0 spiro atoms. The first-order valence-corrected chi connectivity index (χ1v) is 7.95. The van der Waals surface area contributed by atoms with Gasteiger partial charge in [0, 0.05) is 24.2 Å². The van der Waals surface area contributed by atoms with E-state index in [-0.39, 0.29) is 17.3 Å². The highest BCUT2D eigenvalue weighted by Crippen LogP contribution is 2.23. The fourth-order valence-corrected chi connectivity index (χ4v) is 2.84. The van der Waals surface area contributed by atoms with E-state index < -0.39 is 19.1 Å². The number of halogens is 1. The zero-order valence-electron chi connectivity index (χ0n) is 16.6. The molecule has 0 aromatic carbocycles. The smallest absolute Gasteiger partial charge is 0.273 e. The van der Waals surface area contributed by atoms with Gasteiger partial charge in [-0.05, 0) is 24.6 Å². The molecule has 4 heterocycles. The van der Waals surface area contributed by atoms with Crippen LogP contribution in [0.15, 0.2) is 30.6 Å². The summed E-state index contributed by atoms with van der Waals surface area (Å²) >= 11 is 0. The molecule has 26 heavy (non-hydrogen) atoms. The second-order valence-electron chi connectivity index (χ2n) is 5.83. The molecule has 0 bridgehead atoms. The van der Waals surface area contributed by atoms with E-state index in [1.54, 1.807) is 16.8 Å². The fraction of sp³-hybridized carbons (Fsp3) is 0.312. The Balaban J connectivity index is 1.58. The summed E-state index contributed by atoms with van der Waals surface area (Å²) in [7, 11) is 0. The summed E-state index contributed by atoms with van der Waals surface area (Å²) < 4.78 is 36.5. The molecule has 1 amide bonds. The van der Waals surface area contributed by atoms with E-state index >= 15 is 0 Å². The Hall–Kier alpha value is -3.30. The summed E-state index contributed by atoms with van der Waals surface area (Å²) in [6.07, 6.45) is 2.76. The number of nitrogens with zero attached hydrogens (tertiary/aromatic N) is 6. The molecule has 10 heteroatoms. The second kappa shape index (κ2) is 6.54. The van der Waals surface area contributed by atoms with Crippen LogP contribution in [-0.2, 0) is 0 Å². The van der Waals surface area contributed by atoms with Gasteiger partial charge < -0.3 is 15.5 Å². The standard InChI is InChI=1S/C16H17FN8O/c1-18-15(26)14-12(4-6-19-22-14)20-16-21-13-3-2-11(9-25(13)23-16)24-7-5-10(17)8-24/h2-4,6,9-10H,5,7-8H2,1H3,(H,18,26)(H,19,20,23)/i1D3. The Morgan fingerprint density at radius 1 is 1.42 bits per heavy atom. The van der Waals surface area contributed by atoms with Crippen LogP contribution in [0.4, 0.5) is 21.7 Å². The van der Waals surface area contributed by atoms with Crippen LogP contribution in [0, 0.1) is 0 Å². The van der Waals surface area contributed by atoms with Gasteiger partial charge >= 0.3 is 0 Å². The fourth-order valence-electron chi connectivity index (χ4n) is 2.84. The highest BCUT2D eigenvalue weighted by molar-refractivity contribution is 5.97. The third-order valence-corrected chi connectivity index (χ3v) is 4.11. The van der Waals surface area contributed by atoms with Crippen molar-refractivity contribution in [1.29, 1.82) is 0 Å². The van der Waals surface area contributed by atoms with Crippen molar-refractivity contribution in [3.05, 3.63) is 36.3 Å². The summed E-state index contributed by atoms with van der Waals surface area (Å²) in [5.74, 6) is -0.718. The van der Waals surface area contributed by atoms with E-state index in [1.807, 2.05) is 16.3 Å². The molecule has 0 aliphatic carbocycles. The number of pyridine rings is 1. The maximum absolute atomic E-state index is 13.5. The molecule has 1 fully saturated rings. The van der Waals surface area contributed by atoms with Crippen LogP contribution >= 0.6 is 0 Å². The quantitative estimate of drug-likeness (QED) is 0.721. The third kappa shape index (κ3) is 3.01. The first kappa shape index (κ1) is 13.0. The summed E-state index contributed by atoms with van der Waals surface area (Å²) in [6, 6.07) is 5.06. The van der Waals surface area contributed by atoms with Crippen LogP contribution in [0.5, 0.6) is 0 Å². The summed E-state index contributed by atoms with van der Waals surface area (Å²) in [5, 5.41) is 16.4. The van der Waals surface area contributed by atoms with E-state index in [9.17, 15) is 9.18 Å². The number of hydrogen-bond donors (Lipinski definition) is 2. The Kier molecular flexibility index (Phi) is 3.27. The lowest BCUT2D eigenvalue weighted by Crippen LogP contribution is -2.21. The molecule has 4 rings (SSSR count). The van der Waals surface area contributed by atoms with E-state index in [1.165, 1.54) is 12.3 Å². The van der Waals surface area contributed by atoms with Crippen LogP contribution in [0.1, 0.15) is 21.0 Å². The topological polar surface area (TPSA) is 100 Å². The zero-order chi connectivity index (χ0) is 20.6. The van der Waals surface area contributed by atoms with Crippen LogP contribution in [0.2, 0.25) is 0 Å². The predicted octanol–water partition coefficient (Wildman–Crippen LogP) is 1.17. The van der Waals surface area contributed by atoms with Crippen molar-refractivity contribution in [3.63, 3.8) is 0 Å². The normalized spacial score (nSPS) is 19.0. The number of anilines is 3. The molecule has 2 N–H and O–H groups in total. The van der Waals surface area contributed by atoms with Gasteiger partial charge in [0.25, 0.3) is 5.91 Å². The average molecular weight is 359 g/mol. The van der Waals surface area contributed by atoms with Gasteiger partial charge in [-0.2, -0.15) is 10.1 Å². The van der Waals surface area contributed by atoms with E-state index in [4.69, 9.17) is 4.11 Å². The lowest BCUT2D eigenvalue weighted by molar-refractivity contribution is 0.0958. The molecule has 1 atom stereocenters. The SMILES string of the molecule is [2H]C([2H])([2H])NC(=O)c1nnccc1Nc1nc2ccc(N3CCC(F)C3)cn2n1. The molecule has 0 saturated carbocycles. The average Bonchev–Trinajstić information content (AvgIpc) is 3.25. The second-order valence-corrected chi connectivity index (χ2v) is 5.83. The number of alkyl halides is 1. The van der Waals surface area contributed by atoms with E-state index in [0.717, 1.165) is 5.69 Å². The van der Waals surface area contributed by atoms with Crippen molar-refractivity contribution in [2.24, 2.45) is 0 Å². The van der Waals surface area contributed by atoms with Gasteiger partial charge in [-0.15, -0.1) is 10.2 Å². The van der Waals surface area contributed by atoms with Gasteiger partial charge in [-0.1, -0.05) is 0 Å². The van der Waals surface area contributed by atoms with Gasteiger partial charge in [-0.3, -0.25) is 4.79 Å². The minimum absolute atomic E-state index is 0.183. The first-order valence-electron chi connectivity index (χ1n) is 9.45. The number of fused-ring (bicyclic) bond motifs is 1. The van der Waals surface area contributed by atoms with Crippen LogP contribution < -0.4 is 15.5 Å². The molecule has 9 nitrogen and oxygen atoms in total. The van der Waals surface area contributed by atoms with Crippen LogP contribution in [-0.4, -0.2) is 56.9 Å². The lowest BCUT2D eigenvalue weighted by atomic mass is 10.3. The molecule has 0 radical (unpaired) electrons. The Labute approximate surface area is 152 Å². The number of aromatic nitrogens is 5. The van der Waals surface area contributed by atoms with Gasteiger partial charge in [0.05, 0.1) is 23.8 Å². The van der Waals surface area contributed by atoms with Gasteiger partial charge in [0.15, 0.2) is 11.3 Å². The summed E-state index contributed by atoms with van der Waals surface area (Å²) in [4.78, 5) is 18.4. The van der Waals surface area contributed by atoms with Crippen molar-refractivity contribution in [3.8, 4) is 0 Å². The maximum Gasteiger partial charge on any atom is 0.273 e. The molecule has 3 aromatic rings. The Morgan fingerprint density at radius 2 is 2.35 bits per heavy atom. The largest absolute Gasteiger partial charge is 0.367 e. The minimum atomic E-state index is -2.65. The van der Waals surface area contributed by atoms with Crippen molar-refractivity contribution in [1.82, 2.24) is 30.1 Å². The third-order valence-electron chi connectivity index (χ3n) is 4.11. The Morgan fingerprint density at radius 3 is 3.15 bits per heavy atom. The molecule has 1 aliphatic heterocycles. The van der Waals surface area contributed by atoms with Gasteiger partial charge in [0.2, 0.25) is 5.95 Å². The number of hydrogen-bond acceptors (Lipinski definition) is 7. The zero-order valence-corrected chi connectivity index (χ0v) is 13.6. The summed E-state index contributed by atoms with van der Waals surface area (Å²) in [6.45, 7) is -1.68. The maximum atomic E-state index is 13.5. The molecule has 1 unspecified atom stereocenters. The van der Waals surface area contributed by atoms with Gasteiger partial charge in [-0.25, -0.2) is 8.91 Å². The Bertz CT molecular complexity index is 1060. The van der Waals surface area contributed by atoms with Crippen LogP contribution in [0.25, 0.3) is 5.65 Å². The minimum Gasteiger partial charge on any atom is -0.367 e. The highest BCUT2D eigenvalue weighted by atomic mass is 19.1. The lowest BCUT2D eigenvalue weighted by Gasteiger charge is -2.16. The summed E-state index contributed by atoms with van der Waals surface area (Å²) in [5.41, 5.74) is 1.38. The van der Waals surface area contributed by atoms with Crippen molar-refractivity contribution >= 4 is 28.9 Å². The molecule has 3 aromatic heterocycles. The number of nitrogens with one attached hydrogen (secondary N) is 2. The van der Waals surface area contributed by atoms with Gasteiger partial charge in [0.1, 0.15) is 6.17 Å². The molecule has 134 valence electrons. The van der Waals surface area contributed by atoms with Crippen molar-refractivity contribution in [2.75, 3.05) is 30.3 Å². The molecule has 1 aliphatic rings. The number of carbonyl (C=O) groups excluding carboxylic acids is 1. The van der Waals surface area contributed by atoms with Crippen LogP contribution in [0.3, 0.4) is 0 Å². The van der Waals surface area contributed by atoms with Crippen molar-refractivity contribution in [2.45, 2.75) is 12.6 Å². The monoisotopic (exact) mass is 359 g/mol. The van der Waals surface area contributed by atoms with E-state index in [0.29, 0.717) is 25.2 Å². The molecular formula is C16H17FN8O. The van der Waals surface area contributed by atoms with E-state index in [2.05, 4.69) is 25.6 Å². The number of rotatable bonds is 4. The molecule has 1 saturated heterocycles. The first-order chi connectivity index (χ1) is 13.8. The number of amides is 1. The predicted molar refractivity (Wildman–Crippen MR) is 93.4 cm³/mol. The highest BCUT2D eigenvalue weighted by Gasteiger charge is 2.22. The number of carbonyl (C=O) groups is 1. The van der Waals surface area contributed by atoms with Crippen molar-refractivity contribution < 1.29 is 13.3 Å².